The Morgan fingerprint density at radius 1 is 1.29 bits per heavy atom. The molecular weight excluding hydrogens is 270 g/mol. The van der Waals surface area contributed by atoms with Crippen LogP contribution in [0.5, 0.6) is 0 Å². The van der Waals surface area contributed by atoms with Gasteiger partial charge in [-0.3, -0.25) is 4.90 Å². The molecule has 1 saturated heterocycles. The Balaban J connectivity index is 1.89. The molecule has 6 heteroatoms. The predicted molar refractivity (Wildman–Crippen MR) is 78.9 cm³/mol. The number of aliphatic hydroxyl groups is 1. The molecule has 0 atom stereocenters. The number of hydrogen-bond donors (Lipinski definition) is 1. The highest BCUT2D eigenvalue weighted by Crippen LogP contribution is 2.14. The first kappa shape index (κ1) is 15.6. The van der Waals surface area contributed by atoms with Gasteiger partial charge in [-0.1, -0.05) is 0 Å². The molecule has 1 aromatic heterocycles. The summed E-state index contributed by atoms with van der Waals surface area (Å²) in [5.74, 6) is 0.996. The van der Waals surface area contributed by atoms with Gasteiger partial charge in [0.05, 0.1) is 25.9 Å². The standard InChI is InChI=1S/C15H23N3O3/c1-15(2,3)21-14(20)18-8-6-17(7-9-18)13-5-4-12(11-19)10-16-13/h4-5,10,19H,6-9,11H2,1-3H3/p+1. The third-order valence-corrected chi connectivity index (χ3v) is 3.32. The van der Waals surface area contributed by atoms with E-state index < -0.39 is 5.60 Å². The topological polar surface area (TPSA) is 67.2 Å². The molecule has 0 saturated carbocycles. The zero-order valence-corrected chi connectivity index (χ0v) is 12.9. The van der Waals surface area contributed by atoms with Crippen LogP contribution >= 0.6 is 0 Å². The minimum absolute atomic E-state index is 0.0310. The number of nitrogens with one attached hydrogen (secondary N) is 1. The summed E-state index contributed by atoms with van der Waals surface area (Å²) >= 11 is 0. The van der Waals surface area contributed by atoms with Crippen molar-refractivity contribution in [2.75, 3.05) is 31.1 Å². The first-order valence-electron chi connectivity index (χ1n) is 7.23. The van der Waals surface area contributed by atoms with Gasteiger partial charge in [-0.15, -0.1) is 0 Å². The lowest BCUT2D eigenvalue weighted by molar-refractivity contribution is -0.365. The van der Waals surface area contributed by atoms with Gasteiger partial charge >= 0.3 is 6.09 Å². The molecular formula is C15H24N3O3+. The molecule has 2 N–H and O–H groups in total. The van der Waals surface area contributed by atoms with Crippen LogP contribution in [0, 0.1) is 0 Å². The van der Waals surface area contributed by atoms with Crippen molar-refractivity contribution in [1.82, 2.24) is 4.90 Å². The zero-order valence-electron chi connectivity index (χ0n) is 12.9. The molecule has 2 heterocycles. The van der Waals surface area contributed by atoms with E-state index in [1.54, 1.807) is 11.1 Å². The van der Waals surface area contributed by atoms with Crippen molar-refractivity contribution in [2.45, 2.75) is 33.0 Å². The molecule has 1 fully saturated rings. The number of hydrogen-bond acceptors (Lipinski definition) is 4. The normalized spacial score (nSPS) is 16.0. The molecule has 0 aliphatic carbocycles. The van der Waals surface area contributed by atoms with Crippen molar-refractivity contribution in [3.63, 3.8) is 0 Å². The zero-order chi connectivity index (χ0) is 15.5. The Labute approximate surface area is 125 Å². The number of aromatic amines is 1. The van der Waals surface area contributed by atoms with E-state index >= 15 is 0 Å². The second-order valence-electron chi connectivity index (χ2n) is 6.19. The second kappa shape index (κ2) is 6.30. The summed E-state index contributed by atoms with van der Waals surface area (Å²) in [6, 6.07) is 3.85. The van der Waals surface area contributed by atoms with Gasteiger partial charge in [0.2, 0.25) is 0 Å². The molecule has 6 nitrogen and oxygen atoms in total. The van der Waals surface area contributed by atoms with Crippen LogP contribution < -0.4 is 9.88 Å². The number of pyridine rings is 1. The molecule has 0 bridgehead atoms. The van der Waals surface area contributed by atoms with E-state index in [2.05, 4.69) is 9.88 Å². The fourth-order valence-corrected chi connectivity index (χ4v) is 2.20. The number of nitrogens with zero attached hydrogens (tertiary/aromatic N) is 2. The molecule has 1 aliphatic rings. The Hall–Kier alpha value is -1.82. The maximum atomic E-state index is 12.0. The number of rotatable bonds is 2. The lowest BCUT2D eigenvalue weighted by Gasteiger charge is -2.32. The van der Waals surface area contributed by atoms with Gasteiger partial charge in [0.25, 0.3) is 5.82 Å². The minimum atomic E-state index is -0.456. The number of aliphatic hydroxyl groups excluding tert-OH is 1. The van der Waals surface area contributed by atoms with Gasteiger partial charge in [0, 0.05) is 11.6 Å². The van der Waals surface area contributed by atoms with E-state index in [1.807, 2.05) is 32.9 Å². The second-order valence-corrected chi connectivity index (χ2v) is 6.19. The van der Waals surface area contributed by atoms with E-state index in [0.717, 1.165) is 24.5 Å². The third-order valence-electron chi connectivity index (χ3n) is 3.32. The average Bonchev–Trinajstić information content (AvgIpc) is 2.46. The Morgan fingerprint density at radius 3 is 2.43 bits per heavy atom. The van der Waals surface area contributed by atoms with E-state index in [4.69, 9.17) is 9.84 Å². The number of piperazine rings is 1. The molecule has 0 aromatic carbocycles. The number of ether oxygens (including phenoxy) is 1. The lowest BCUT2D eigenvalue weighted by atomic mass is 10.2. The first-order chi connectivity index (χ1) is 9.89. The Morgan fingerprint density at radius 2 is 1.95 bits per heavy atom. The highest BCUT2D eigenvalue weighted by atomic mass is 16.6. The number of amides is 1. The third kappa shape index (κ3) is 4.32. The van der Waals surface area contributed by atoms with Crippen LogP contribution in [-0.2, 0) is 11.3 Å². The lowest BCUT2D eigenvalue weighted by Crippen LogP contribution is -2.51. The van der Waals surface area contributed by atoms with Crippen molar-refractivity contribution in [1.29, 1.82) is 0 Å². The molecule has 1 amide bonds. The molecule has 0 radical (unpaired) electrons. The van der Waals surface area contributed by atoms with Gasteiger partial charge in [-0.2, -0.15) is 0 Å². The monoisotopic (exact) mass is 294 g/mol. The number of carbonyl (C=O) groups excluding carboxylic acids is 1. The average molecular weight is 294 g/mol. The molecule has 0 unspecified atom stereocenters. The number of carbonyl (C=O) groups is 1. The van der Waals surface area contributed by atoms with Crippen LogP contribution in [-0.4, -0.2) is 47.9 Å². The van der Waals surface area contributed by atoms with E-state index in [9.17, 15) is 4.79 Å². The summed E-state index contributed by atoms with van der Waals surface area (Å²) in [6.07, 6.45) is 1.55. The Kier molecular flexibility index (Phi) is 4.67. The van der Waals surface area contributed by atoms with E-state index in [0.29, 0.717) is 13.1 Å². The SMILES string of the molecule is CC(C)(C)OC(=O)N1CCN(c2ccc(CO)c[nH+]2)CC1. The fourth-order valence-electron chi connectivity index (χ4n) is 2.20. The van der Waals surface area contributed by atoms with Crippen LogP contribution in [0.3, 0.4) is 0 Å². The van der Waals surface area contributed by atoms with Gasteiger partial charge in [-0.25, -0.2) is 9.78 Å². The van der Waals surface area contributed by atoms with Gasteiger partial charge in [-0.05, 0) is 26.8 Å². The van der Waals surface area contributed by atoms with Crippen LogP contribution in [0.2, 0.25) is 0 Å². The molecule has 1 aromatic rings. The quantitative estimate of drug-likeness (QED) is 0.885. The molecule has 21 heavy (non-hydrogen) atoms. The maximum absolute atomic E-state index is 12.0. The highest BCUT2D eigenvalue weighted by Gasteiger charge is 2.29. The highest BCUT2D eigenvalue weighted by molar-refractivity contribution is 5.68. The van der Waals surface area contributed by atoms with Crippen molar-refractivity contribution >= 4 is 11.9 Å². The maximum Gasteiger partial charge on any atom is 0.410 e. The van der Waals surface area contributed by atoms with Crippen molar-refractivity contribution in [3.05, 3.63) is 23.9 Å². The van der Waals surface area contributed by atoms with Crippen molar-refractivity contribution in [3.8, 4) is 0 Å². The van der Waals surface area contributed by atoms with Gasteiger partial charge in [0.15, 0.2) is 0 Å². The molecule has 2 rings (SSSR count). The van der Waals surface area contributed by atoms with Crippen molar-refractivity contribution in [2.24, 2.45) is 0 Å². The summed E-state index contributed by atoms with van der Waals surface area (Å²) in [5, 5.41) is 9.04. The smallest absolute Gasteiger partial charge is 0.410 e. The fraction of sp³-hybridized carbons (Fsp3) is 0.600. The van der Waals surface area contributed by atoms with Gasteiger partial charge in [0.1, 0.15) is 18.7 Å². The number of H-pyrrole nitrogens is 1. The summed E-state index contributed by atoms with van der Waals surface area (Å²) < 4.78 is 5.38. The van der Waals surface area contributed by atoms with Crippen LogP contribution in [0.4, 0.5) is 10.6 Å². The molecule has 1 aliphatic heterocycles. The van der Waals surface area contributed by atoms with Gasteiger partial charge < -0.3 is 14.7 Å². The predicted octanol–water partition coefficient (Wildman–Crippen LogP) is 1.05. The largest absolute Gasteiger partial charge is 0.444 e. The minimum Gasteiger partial charge on any atom is -0.444 e. The number of aromatic nitrogens is 1. The van der Waals surface area contributed by atoms with Crippen LogP contribution in [0.15, 0.2) is 18.3 Å². The first-order valence-corrected chi connectivity index (χ1v) is 7.23. The van der Waals surface area contributed by atoms with E-state index in [1.165, 1.54) is 0 Å². The number of anilines is 1. The van der Waals surface area contributed by atoms with E-state index in [-0.39, 0.29) is 12.7 Å². The Bertz CT molecular complexity index is 474. The summed E-state index contributed by atoms with van der Waals surface area (Å²) in [6.45, 7) is 8.46. The summed E-state index contributed by atoms with van der Waals surface area (Å²) in [7, 11) is 0. The molecule has 116 valence electrons. The molecule has 0 spiro atoms. The van der Waals surface area contributed by atoms with Crippen LogP contribution in [0.25, 0.3) is 0 Å². The van der Waals surface area contributed by atoms with Crippen LogP contribution in [0.1, 0.15) is 26.3 Å². The summed E-state index contributed by atoms with van der Waals surface area (Å²) in [4.78, 5) is 19.1. The summed E-state index contributed by atoms with van der Waals surface area (Å²) in [5.41, 5.74) is 0.397. The van der Waals surface area contributed by atoms with Crippen molar-refractivity contribution < 1.29 is 19.6 Å².